The van der Waals surface area contributed by atoms with Crippen molar-refractivity contribution in [2.24, 2.45) is 0 Å². The number of aromatic nitrogens is 1. The Labute approximate surface area is 149 Å². The monoisotopic (exact) mass is 335 g/mol. The molecule has 0 atom stereocenters. The van der Waals surface area contributed by atoms with Crippen LogP contribution in [-0.4, -0.2) is 61.2 Å². The highest BCUT2D eigenvalue weighted by atomic mass is 16.5. The van der Waals surface area contributed by atoms with Gasteiger partial charge in [-0.15, -0.1) is 0 Å². The van der Waals surface area contributed by atoms with E-state index < -0.39 is 0 Å². The zero-order chi connectivity index (χ0) is 17.1. The molecule has 0 aliphatic carbocycles. The van der Waals surface area contributed by atoms with Crippen LogP contribution >= 0.6 is 0 Å². The third-order valence-corrected chi connectivity index (χ3v) is 4.97. The SMILES string of the molecule is CN1CCN(CCCOc2ccc3cc4ccccc4nc3c2)CC1. The highest BCUT2D eigenvalue weighted by molar-refractivity contribution is 5.93. The number of ether oxygens (including phenoxy) is 1. The summed E-state index contributed by atoms with van der Waals surface area (Å²) in [5.74, 6) is 0.911. The molecule has 0 amide bonds. The molecule has 0 spiro atoms. The van der Waals surface area contributed by atoms with Crippen LogP contribution in [0.1, 0.15) is 6.42 Å². The van der Waals surface area contributed by atoms with Crippen molar-refractivity contribution in [3.63, 3.8) is 0 Å². The minimum Gasteiger partial charge on any atom is -0.493 e. The number of benzene rings is 2. The molecule has 1 aromatic heterocycles. The van der Waals surface area contributed by atoms with E-state index in [0.717, 1.165) is 41.7 Å². The molecule has 0 saturated carbocycles. The van der Waals surface area contributed by atoms with Gasteiger partial charge in [0.2, 0.25) is 0 Å². The average Bonchev–Trinajstić information content (AvgIpc) is 2.65. The van der Waals surface area contributed by atoms with Crippen molar-refractivity contribution < 1.29 is 4.74 Å². The van der Waals surface area contributed by atoms with Gasteiger partial charge in [-0.1, -0.05) is 18.2 Å². The lowest BCUT2D eigenvalue weighted by atomic mass is 10.1. The van der Waals surface area contributed by atoms with Crippen LogP contribution in [0.15, 0.2) is 48.5 Å². The first kappa shape index (κ1) is 16.3. The van der Waals surface area contributed by atoms with Crippen LogP contribution in [0.3, 0.4) is 0 Å². The fraction of sp³-hybridized carbons (Fsp3) is 0.381. The Balaban J connectivity index is 1.36. The third kappa shape index (κ3) is 3.91. The maximum absolute atomic E-state index is 5.96. The standard InChI is InChI=1S/C21H25N3O/c1-23-10-12-24(13-11-23)9-4-14-25-19-8-7-18-15-17-5-2-3-6-20(17)22-21(18)16-19/h2-3,5-8,15-16H,4,9-14H2,1H3. The van der Waals surface area contributed by atoms with Crippen LogP contribution in [0.5, 0.6) is 5.75 Å². The Bertz CT molecular complexity index is 856. The number of para-hydroxylation sites is 1. The Hall–Kier alpha value is -2.17. The van der Waals surface area contributed by atoms with E-state index >= 15 is 0 Å². The van der Waals surface area contributed by atoms with Gasteiger partial charge in [-0.05, 0) is 37.7 Å². The maximum atomic E-state index is 5.96. The van der Waals surface area contributed by atoms with E-state index in [4.69, 9.17) is 9.72 Å². The zero-order valence-electron chi connectivity index (χ0n) is 14.8. The number of fused-ring (bicyclic) bond motifs is 2. The topological polar surface area (TPSA) is 28.6 Å². The summed E-state index contributed by atoms with van der Waals surface area (Å²) in [6.45, 7) is 6.55. The van der Waals surface area contributed by atoms with Crippen molar-refractivity contribution >= 4 is 21.8 Å². The first-order valence-electron chi connectivity index (χ1n) is 9.11. The molecule has 2 heterocycles. The molecule has 0 N–H and O–H groups in total. The minimum absolute atomic E-state index is 0.755. The quantitative estimate of drug-likeness (QED) is 0.528. The molecule has 130 valence electrons. The highest BCUT2D eigenvalue weighted by Gasteiger charge is 2.12. The van der Waals surface area contributed by atoms with E-state index in [1.807, 2.05) is 12.1 Å². The molecule has 25 heavy (non-hydrogen) atoms. The van der Waals surface area contributed by atoms with Gasteiger partial charge in [-0.2, -0.15) is 0 Å². The number of pyridine rings is 1. The predicted molar refractivity (Wildman–Crippen MR) is 103 cm³/mol. The zero-order valence-corrected chi connectivity index (χ0v) is 14.8. The largest absolute Gasteiger partial charge is 0.493 e. The lowest BCUT2D eigenvalue weighted by Gasteiger charge is -2.32. The second kappa shape index (κ2) is 7.38. The summed E-state index contributed by atoms with van der Waals surface area (Å²) in [6.07, 6.45) is 1.06. The van der Waals surface area contributed by atoms with Gasteiger partial charge in [0, 0.05) is 49.6 Å². The number of likely N-dealkylation sites (N-methyl/N-ethyl adjacent to an activating group) is 1. The second-order valence-corrected chi connectivity index (χ2v) is 6.88. The highest BCUT2D eigenvalue weighted by Crippen LogP contribution is 2.23. The summed E-state index contributed by atoms with van der Waals surface area (Å²) < 4.78 is 5.96. The lowest BCUT2D eigenvalue weighted by Crippen LogP contribution is -2.44. The van der Waals surface area contributed by atoms with Crippen LogP contribution in [0.2, 0.25) is 0 Å². The summed E-state index contributed by atoms with van der Waals surface area (Å²) in [6, 6.07) is 16.6. The number of hydrogen-bond donors (Lipinski definition) is 0. The molecule has 4 heteroatoms. The number of hydrogen-bond acceptors (Lipinski definition) is 4. The van der Waals surface area contributed by atoms with Gasteiger partial charge < -0.3 is 14.5 Å². The van der Waals surface area contributed by atoms with Gasteiger partial charge in [-0.25, -0.2) is 4.98 Å². The number of piperazine rings is 1. The minimum atomic E-state index is 0.755. The Kier molecular flexibility index (Phi) is 4.81. The number of nitrogens with zero attached hydrogens (tertiary/aromatic N) is 3. The van der Waals surface area contributed by atoms with Crippen molar-refractivity contribution in [3.8, 4) is 5.75 Å². The molecule has 0 unspecified atom stereocenters. The molecule has 4 rings (SSSR count). The van der Waals surface area contributed by atoms with Gasteiger partial charge in [-0.3, -0.25) is 0 Å². The van der Waals surface area contributed by atoms with Gasteiger partial charge >= 0.3 is 0 Å². The van der Waals surface area contributed by atoms with E-state index in [9.17, 15) is 0 Å². The molecule has 0 bridgehead atoms. The van der Waals surface area contributed by atoms with E-state index in [0.29, 0.717) is 0 Å². The molecular formula is C21H25N3O. The molecule has 0 radical (unpaired) electrons. The molecule has 1 aliphatic rings. The van der Waals surface area contributed by atoms with Gasteiger partial charge in [0.15, 0.2) is 0 Å². The summed E-state index contributed by atoms with van der Waals surface area (Å²) in [5, 5.41) is 2.33. The smallest absolute Gasteiger partial charge is 0.121 e. The third-order valence-electron chi connectivity index (χ3n) is 4.97. The Morgan fingerprint density at radius 2 is 1.72 bits per heavy atom. The van der Waals surface area contributed by atoms with Crippen LogP contribution in [0, 0.1) is 0 Å². The van der Waals surface area contributed by atoms with Crippen LogP contribution in [-0.2, 0) is 0 Å². The van der Waals surface area contributed by atoms with Crippen molar-refractivity contribution in [2.45, 2.75) is 6.42 Å². The maximum Gasteiger partial charge on any atom is 0.121 e. The Morgan fingerprint density at radius 1 is 0.920 bits per heavy atom. The summed E-state index contributed by atoms with van der Waals surface area (Å²) >= 11 is 0. The molecule has 4 nitrogen and oxygen atoms in total. The summed E-state index contributed by atoms with van der Waals surface area (Å²) in [5.41, 5.74) is 2.03. The normalized spacial score (nSPS) is 16.5. The lowest BCUT2D eigenvalue weighted by molar-refractivity contribution is 0.145. The van der Waals surface area contributed by atoms with Crippen LogP contribution in [0.4, 0.5) is 0 Å². The Morgan fingerprint density at radius 3 is 2.60 bits per heavy atom. The fourth-order valence-corrected chi connectivity index (χ4v) is 3.39. The molecule has 1 saturated heterocycles. The molecule has 1 aliphatic heterocycles. The summed E-state index contributed by atoms with van der Waals surface area (Å²) in [7, 11) is 2.19. The average molecular weight is 335 g/mol. The van der Waals surface area contributed by atoms with Gasteiger partial charge in [0.05, 0.1) is 17.6 Å². The van der Waals surface area contributed by atoms with E-state index in [1.54, 1.807) is 0 Å². The van der Waals surface area contributed by atoms with Gasteiger partial charge in [0.25, 0.3) is 0 Å². The molecule has 2 aromatic carbocycles. The first-order valence-corrected chi connectivity index (χ1v) is 9.11. The molecular weight excluding hydrogens is 310 g/mol. The van der Waals surface area contributed by atoms with Crippen molar-refractivity contribution in [3.05, 3.63) is 48.5 Å². The van der Waals surface area contributed by atoms with Gasteiger partial charge in [0.1, 0.15) is 5.75 Å². The predicted octanol–water partition coefficient (Wildman–Crippen LogP) is 3.40. The first-order chi connectivity index (χ1) is 12.3. The number of rotatable bonds is 5. The van der Waals surface area contributed by atoms with Crippen molar-refractivity contribution in [1.82, 2.24) is 14.8 Å². The molecule has 1 fully saturated rings. The summed E-state index contributed by atoms with van der Waals surface area (Å²) in [4.78, 5) is 9.67. The van der Waals surface area contributed by atoms with Crippen molar-refractivity contribution in [2.75, 3.05) is 46.4 Å². The second-order valence-electron chi connectivity index (χ2n) is 6.88. The van der Waals surface area contributed by atoms with E-state index in [-0.39, 0.29) is 0 Å². The van der Waals surface area contributed by atoms with E-state index in [2.05, 4.69) is 53.2 Å². The van der Waals surface area contributed by atoms with Crippen molar-refractivity contribution in [1.29, 1.82) is 0 Å². The van der Waals surface area contributed by atoms with Crippen LogP contribution < -0.4 is 4.74 Å². The van der Waals surface area contributed by atoms with Crippen LogP contribution in [0.25, 0.3) is 21.8 Å². The van der Waals surface area contributed by atoms with E-state index in [1.165, 1.54) is 31.6 Å². The molecule has 3 aromatic rings. The fourth-order valence-electron chi connectivity index (χ4n) is 3.39.